The molecule has 0 spiro atoms. The molecule has 0 saturated heterocycles. The van der Waals surface area contributed by atoms with Gasteiger partial charge >= 0.3 is 0 Å². The summed E-state index contributed by atoms with van der Waals surface area (Å²) in [5.74, 6) is -1.66. The van der Waals surface area contributed by atoms with Crippen molar-refractivity contribution in [1.29, 1.82) is 0 Å². The van der Waals surface area contributed by atoms with Gasteiger partial charge in [-0.2, -0.15) is 0 Å². The maximum Gasteiger partial charge on any atom is 0.264 e. The molecule has 0 aliphatic heterocycles. The van der Waals surface area contributed by atoms with Gasteiger partial charge in [-0.15, -0.1) is 0 Å². The van der Waals surface area contributed by atoms with Crippen molar-refractivity contribution in [1.82, 2.24) is 10.2 Å². The number of rotatable bonds is 9. The molecule has 0 aliphatic carbocycles. The maximum absolute atomic E-state index is 14.6. The van der Waals surface area contributed by atoms with E-state index in [0.29, 0.717) is 5.02 Å². The predicted octanol–water partition coefficient (Wildman–Crippen LogP) is 5.31. The normalized spacial score (nSPS) is 12.5. The Morgan fingerprint density at radius 3 is 2.13 bits per heavy atom. The number of carbonyl (C=O) groups is 2. The first kappa shape index (κ1) is 30.1. The van der Waals surface area contributed by atoms with Crippen molar-refractivity contribution in [3.8, 4) is 0 Å². The monoisotopic (exact) mass is 573 g/mol. The summed E-state index contributed by atoms with van der Waals surface area (Å²) >= 11 is 5.96. The van der Waals surface area contributed by atoms with Crippen molar-refractivity contribution in [3.63, 3.8) is 0 Å². The second-order valence-corrected chi connectivity index (χ2v) is 12.6. The van der Waals surface area contributed by atoms with Crippen molar-refractivity contribution in [2.24, 2.45) is 0 Å². The fourth-order valence-corrected chi connectivity index (χ4v) is 5.38. The highest BCUT2D eigenvalue weighted by molar-refractivity contribution is 7.92. The average Bonchev–Trinajstić information content (AvgIpc) is 2.86. The number of nitrogens with zero attached hydrogens (tertiary/aromatic N) is 2. The number of hydrogen-bond acceptors (Lipinski definition) is 4. The molecule has 0 fully saturated rings. The summed E-state index contributed by atoms with van der Waals surface area (Å²) < 4.78 is 43.1. The van der Waals surface area contributed by atoms with E-state index in [4.69, 9.17) is 11.6 Å². The zero-order valence-electron chi connectivity index (χ0n) is 22.6. The first-order chi connectivity index (χ1) is 18.2. The van der Waals surface area contributed by atoms with Crippen LogP contribution < -0.4 is 9.62 Å². The van der Waals surface area contributed by atoms with Crippen molar-refractivity contribution in [2.75, 3.05) is 10.8 Å². The molecule has 0 unspecified atom stereocenters. The van der Waals surface area contributed by atoms with Gasteiger partial charge in [-0.1, -0.05) is 47.5 Å². The van der Waals surface area contributed by atoms with Crippen molar-refractivity contribution < 1.29 is 22.4 Å². The first-order valence-electron chi connectivity index (χ1n) is 12.4. The number of benzene rings is 3. The Hall–Kier alpha value is -3.43. The fourth-order valence-electron chi connectivity index (χ4n) is 3.84. The molecule has 3 aromatic rings. The number of nitrogens with one attached hydrogen (secondary N) is 1. The quantitative estimate of drug-likeness (QED) is 0.376. The predicted molar refractivity (Wildman–Crippen MR) is 151 cm³/mol. The molecular formula is C29H33ClFN3O4S. The molecular weight excluding hydrogens is 541 g/mol. The van der Waals surface area contributed by atoms with E-state index < -0.39 is 45.8 Å². The molecule has 0 bridgehead atoms. The first-order valence-corrected chi connectivity index (χ1v) is 14.2. The van der Waals surface area contributed by atoms with Gasteiger partial charge in [0.05, 0.1) is 10.6 Å². The summed E-state index contributed by atoms with van der Waals surface area (Å²) in [4.78, 5) is 28.1. The van der Waals surface area contributed by atoms with Crippen LogP contribution in [0.5, 0.6) is 0 Å². The third kappa shape index (κ3) is 7.80. The summed E-state index contributed by atoms with van der Waals surface area (Å²) in [5, 5.41) is 3.20. The number of sulfonamides is 1. The highest BCUT2D eigenvalue weighted by Gasteiger charge is 2.33. The lowest BCUT2D eigenvalue weighted by Gasteiger charge is -2.33. The molecule has 2 amide bonds. The van der Waals surface area contributed by atoms with Gasteiger partial charge in [0, 0.05) is 22.7 Å². The molecule has 1 N–H and O–H groups in total. The molecule has 7 nitrogen and oxygen atoms in total. The SMILES string of the molecule is Cc1ccc(N(CC(=O)N(Cc2ccccc2F)[C@H](C)C(=O)NC(C)(C)C)S(=O)(=O)c2ccc(Cl)cc2)cc1. The van der Waals surface area contributed by atoms with E-state index in [-0.39, 0.29) is 22.7 Å². The van der Waals surface area contributed by atoms with E-state index in [0.717, 1.165) is 9.87 Å². The van der Waals surface area contributed by atoms with E-state index >= 15 is 0 Å². The van der Waals surface area contributed by atoms with Crippen molar-refractivity contribution >= 4 is 39.1 Å². The maximum atomic E-state index is 14.6. The van der Waals surface area contributed by atoms with E-state index in [1.165, 1.54) is 54.3 Å². The van der Waals surface area contributed by atoms with Gasteiger partial charge in [-0.25, -0.2) is 12.8 Å². The van der Waals surface area contributed by atoms with Gasteiger partial charge in [0.1, 0.15) is 18.4 Å². The lowest BCUT2D eigenvalue weighted by molar-refractivity contribution is -0.140. The molecule has 208 valence electrons. The Morgan fingerprint density at radius 1 is 0.974 bits per heavy atom. The van der Waals surface area contributed by atoms with Crippen LogP contribution in [0.2, 0.25) is 5.02 Å². The number of carbonyl (C=O) groups excluding carboxylic acids is 2. The topological polar surface area (TPSA) is 86.8 Å². The van der Waals surface area contributed by atoms with Crippen LogP contribution in [0.3, 0.4) is 0 Å². The second-order valence-electron chi connectivity index (χ2n) is 10.3. The van der Waals surface area contributed by atoms with Crippen molar-refractivity contribution in [2.45, 2.75) is 57.6 Å². The van der Waals surface area contributed by atoms with Gasteiger partial charge in [0.15, 0.2) is 0 Å². The Kier molecular flexibility index (Phi) is 9.40. The molecule has 3 rings (SSSR count). The molecule has 0 aromatic heterocycles. The van der Waals surface area contributed by atoms with E-state index in [1.54, 1.807) is 51.1 Å². The average molecular weight is 574 g/mol. The summed E-state index contributed by atoms with van der Waals surface area (Å²) in [7, 11) is -4.22. The third-order valence-corrected chi connectivity index (χ3v) is 8.01. The van der Waals surface area contributed by atoms with Crippen LogP contribution in [0.1, 0.15) is 38.8 Å². The summed E-state index contributed by atoms with van der Waals surface area (Å²) in [6.45, 7) is 7.96. The summed E-state index contributed by atoms with van der Waals surface area (Å²) in [5.41, 5.74) is 0.789. The fraction of sp³-hybridized carbons (Fsp3) is 0.310. The molecule has 10 heteroatoms. The summed E-state index contributed by atoms with van der Waals surface area (Å²) in [6.07, 6.45) is 0. The van der Waals surface area contributed by atoms with E-state index in [2.05, 4.69) is 5.32 Å². The zero-order valence-corrected chi connectivity index (χ0v) is 24.2. The Balaban J connectivity index is 2.04. The molecule has 0 radical (unpaired) electrons. The molecule has 0 aliphatic rings. The largest absolute Gasteiger partial charge is 0.350 e. The van der Waals surface area contributed by atoms with Crippen LogP contribution in [0, 0.1) is 12.7 Å². The Bertz CT molecular complexity index is 1420. The second kappa shape index (κ2) is 12.2. The molecule has 3 aromatic carbocycles. The van der Waals surface area contributed by atoms with Gasteiger partial charge in [-0.3, -0.25) is 13.9 Å². The lowest BCUT2D eigenvalue weighted by atomic mass is 10.1. The van der Waals surface area contributed by atoms with Gasteiger partial charge in [0.25, 0.3) is 10.0 Å². The third-order valence-electron chi connectivity index (χ3n) is 5.97. The van der Waals surface area contributed by atoms with Crippen LogP contribution in [0.25, 0.3) is 0 Å². The standard InChI is InChI=1S/C29H33ClFN3O4S/c1-20-10-14-24(15-11-20)34(39(37,38)25-16-12-23(30)13-17-25)19-27(35)33(18-22-8-6-7-9-26(22)31)21(2)28(36)32-29(3,4)5/h6-17,21H,18-19H2,1-5H3,(H,32,36)/t21-/m1/s1. The van der Waals surface area contributed by atoms with Crippen LogP contribution in [-0.4, -0.2) is 43.3 Å². The number of amides is 2. The van der Waals surface area contributed by atoms with Gasteiger partial charge < -0.3 is 10.2 Å². The molecule has 1 atom stereocenters. The molecule has 0 saturated carbocycles. The summed E-state index contributed by atoms with van der Waals surface area (Å²) in [6, 6.07) is 17.2. The number of anilines is 1. The Morgan fingerprint density at radius 2 is 1.56 bits per heavy atom. The van der Waals surface area contributed by atoms with E-state index in [9.17, 15) is 22.4 Å². The highest BCUT2D eigenvalue weighted by Crippen LogP contribution is 2.26. The highest BCUT2D eigenvalue weighted by atomic mass is 35.5. The molecule has 0 heterocycles. The van der Waals surface area contributed by atoms with Gasteiger partial charge in [-0.05, 0) is 77.1 Å². The van der Waals surface area contributed by atoms with Crippen LogP contribution >= 0.6 is 11.6 Å². The van der Waals surface area contributed by atoms with E-state index in [1.807, 2.05) is 6.92 Å². The van der Waals surface area contributed by atoms with Crippen LogP contribution in [0.15, 0.2) is 77.7 Å². The zero-order chi connectivity index (χ0) is 29.0. The minimum atomic E-state index is -4.22. The van der Waals surface area contributed by atoms with Crippen LogP contribution in [-0.2, 0) is 26.2 Å². The Labute approximate surface area is 234 Å². The number of aryl methyl sites for hydroxylation is 1. The van der Waals surface area contributed by atoms with Crippen molar-refractivity contribution in [3.05, 3.63) is 94.8 Å². The lowest BCUT2D eigenvalue weighted by Crippen LogP contribution is -2.54. The van der Waals surface area contributed by atoms with Crippen LogP contribution in [0.4, 0.5) is 10.1 Å². The minimum absolute atomic E-state index is 0.0561. The minimum Gasteiger partial charge on any atom is -0.350 e. The number of hydrogen-bond donors (Lipinski definition) is 1. The van der Waals surface area contributed by atoms with Gasteiger partial charge in [0.2, 0.25) is 11.8 Å². The molecule has 39 heavy (non-hydrogen) atoms. The smallest absolute Gasteiger partial charge is 0.264 e. The number of halogens is 2.